The molecule has 0 aliphatic carbocycles. The number of carbonyl (C=O) groups is 3. The molecule has 0 spiro atoms. The van der Waals surface area contributed by atoms with Crippen LogP contribution in [0.3, 0.4) is 0 Å². The maximum absolute atomic E-state index is 12.3. The van der Waals surface area contributed by atoms with Gasteiger partial charge in [-0.3, -0.25) is 25.2 Å². The molecule has 0 atom stereocenters. The third-order valence-corrected chi connectivity index (χ3v) is 4.81. The summed E-state index contributed by atoms with van der Waals surface area (Å²) < 4.78 is 5.64. The highest BCUT2D eigenvalue weighted by atomic mass is 16.5. The molecule has 0 saturated carbocycles. The Labute approximate surface area is 193 Å². The third-order valence-electron chi connectivity index (χ3n) is 4.81. The Morgan fingerprint density at radius 1 is 0.697 bits per heavy atom. The summed E-state index contributed by atoms with van der Waals surface area (Å²) in [6.07, 6.45) is 0.953. The second-order valence-electron chi connectivity index (χ2n) is 7.86. The van der Waals surface area contributed by atoms with Crippen molar-refractivity contribution >= 4 is 23.4 Å². The van der Waals surface area contributed by atoms with Gasteiger partial charge in [0.05, 0.1) is 6.61 Å². The number of carbonyl (C=O) groups excluding carboxylic acids is 3. The van der Waals surface area contributed by atoms with Crippen LogP contribution in [0.2, 0.25) is 0 Å². The molecule has 0 bridgehead atoms. The highest BCUT2D eigenvalue weighted by molar-refractivity contribution is 6.04. The van der Waals surface area contributed by atoms with Crippen molar-refractivity contribution in [2.45, 2.75) is 20.3 Å². The maximum Gasteiger partial charge on any atom is 0.269 e. The number of nitrogens with one attached hydrogen (secondary N) is 3. The standard InChI is InChI=1S/C26H27N3O4/c1-18(2)16-17-33-23-14-10-21(11-15-23)26(32)29-28-25(31)20-8-12-22(13-9-20)27-24(30)19-6-4-3-5-7-19/h3-15,18H,16-17H2,1-2H3,(H,27,30)(H,28,31)(H,29,32). The van der Waals surface area contributed by atoms with E-state index in [1.54, 1.807) is 72.8 Å². The first-order valence-corrected chi connectivity index (χ1v) is 10.7. The fourth-order valence-corrected chi connectivity index (χ4v) is 2.87. The van der Waals surface area contributed by atoms with Gasteiger partial charge in [0.2, 0.25) is 0 Å². The molecule has 0 aliphatic rings. The largest absolute Gasteiger partial charge is 0.494 e. The summed E-state index contributed by atoms with van der Waals surface area (Å²) in [6, 6.07) is 21.9. The summed E-state index contributed by atoms with van der Waals surface area (Å²) in [5.41, 5.74) is 6.61. The van der Waals surface area contributed by atoms with Crippen molar-refractivity contribution in [1.82, 2.24) is 10.9 Å². The van der Waals surface area contributed by atoms with E-state index in [1.165, 1.54) is 0 Å². The van der Waals surface area contributed by atoms with Gasteiger partial charge in [0.15, 0.2) is 0 Å². The summed E-state index contributed by atoms with van der Waals surface area (Å²) in [6.45, 7) is 4.88. The van der Waals surface area contributed by atoms with Gasteiger partial charge in [-0.2, -0.15) is 0 Å². The molecule has 3 aromatic rings. The molecular formula is C26H27N3O4. The van der Waals surface area contributed by atoms with Gasteiger partial charge in [0.1, 0.15) is 5.75 Å². The minimum atomic E-state index is -0.474. The van der Waals surface area contributed by atoms with Gasteiger partial charge in [0.25, 0.3) is 17.7 Å². The first kappa shape index (κ1) is 23.5. The lowest BCUT2D eigenvalue weighted by molar-refractivity contribution is 0.0846. The molecule has 33 heavy (non-hydrogen) atoms. The highest BCUT2D eigenvalue weighted by Crippen LogP contribution is 2.14. The van der Waals surface area contributed by atoms with Gasteiger partial charge in [-0.15, -0.1) is 0 Å². The molecule has 7 nitrogen and oxygen atoms in total. The lowest BCUT2D eigenvalue weighted by Crippen LogP contribution is -2.41. The highest BCUT2D eigenvalue weighted by Gasteiger charge is 2.11. The maximum atomic E-state index is 12.3. The van der Waals surface area contributed by atoms with E-state index in [-0.39, 0.29) is 5.91 Å². The fraction of sp³-hybridized carbons (Fsp3) is 0.192. The first-order chi connectivity index (χ1) is 15.9. The molecule has 0 unspecified atom stereocenters. The van der Waals surface area contributed by atoms with Gasteiger partial charge in [0, 0.05) is 22.4 Å². The summed E-state index contributed by atoms with van der Waals surface area (Å²) in [4.78, 5) is 36.8. The number of rotatable bonds is 8. The van der Waals surface area contributed by atoms with Gasteiger partial charge in [-0.1, -0.05) is 32.0 Å². The van der Waals surface area contributed by atoms with E-state index in [0.29, 0.717) is 40.7 Å². The predicted molar refractivity (Wildman–Crippen MR) is 127 cm³/mol. The molecule has 0 radical (unpaired) electrons. The molecule has 0 heterocycles. The van der Waals surface area contributed by atoms with Crippen molar-refractivity contribution in [2.75, 3.05) is 11.9 Å². The molecule has 0 aliphatic heterocycles. The normalized spacial score (nSPS) is 10.4. The Balaban J connectivity index is 1.48. The van der Waals surface area contributed by atoms with Crippen LogP contribution in [-0.2, 0) is 0 Å². The number of hydrogen-bond donors (Lipinski definition) is 3. The SMILES string of the molecule is CC(C)CCOc1ccc(C(=O)NNC(=O)c2ccc(NC(=O)c3ccccc3)cc2)cc1. The van der Waals surface area contributed by atoms with E-state index in [2.05, 4.69) is 30.0 Å². The van der Waals surface area contributed by atoms with Crippen molar-refractivity contribution in [2.24, 2.45) is 5.92 Å². The quantitative estimate of drug-likeness (QED) is 0.447. The number of amides is 3. The van der Waals surface area contributed by atoms with Crippen LogP contribution in [0.15, 0.2) is 78.9 Å². The van der Waals surface area contributed by atoms with Crippen molar-refractivity contribution in [3.8, 4) is 5.75 Å². The van der Waals surface area contributed by atoms with Crippen LogP contribution in [0.5, 0.6) is 5.75 Å². The number of hydrazine groups is 1. The Kier molecular flexibility index (Phi) is 8.18. The summed E-state index contributed by atoms with van der Waals surface area (Å²) in [5.74, 6) is 0.0942. The average molecular weight is 446 g/mol. The van der Waals surface area contributed by atoms with Crippen LogP contribution in [0.25, 0.3) is 0 Å². The zero-order valence-electron chi connectivity index (χ0n) is 18.6. The molecule has 3 aromatic carbocycles. The van der Waals surface area contributed by atoms with Gasteiger partial charge < -0.3 is 10.1 Å². The summed E-state index contributed by atoms with van der Waals surface area (Å²) in [7, 11) is 0. The van der Waals surface area contributed by atoms with Crippen molar-refractivity contribution in [3.63, 3.8) is 0 Å². The second kappa shape index (κ2) is 11.5. The van der Waals surface area contributed by atoms with Crippen LogP contribution in [0, 0.1) is 5.92 Å². The smallest absolute Gasteiger partial charge is 0.269 e. The van der Waals surface area contributed by atoms with Crippen LogP contribution in [0.1, 0.15) is 51.3 Å². The van der Waals surface area contributed by atoms with Crippen LogP contribution in [0.4, 0.5) is 5.69 Å². The monoisotopic (exact) mass is 445 g/mol. The molecule has 0 saturated heterocycles. The minimum Gasteiger partial charge on any atom is -0.494 e. The van der Waals surface area contributed by atoms with Crippen LogP contribution >= 0.6 is 0 Å². The van der Waals surface area contributed by atoms with E-state index >= 15 is 0 Å². The number of benzene rings is 3. The Morgan fingerprint density at radius 2 is 1.21 bits per heavy atom. The van der Waals surface area contributed by atoms with E-state index < -0.39 is 11.8 Å². The lowest BCUT2D eigenvalue weighted by Gasteiger charge is -2.10. The molecule has 3 N–H and O–H groups in total. The van der Waals surface area contributed by atoms with E-state index in [4.69, 9.17) is 4.74 Å². The first-order valence-electron chi connectivity index (χ1n) is 10.7. The van der Waals surface area contributed by atoms with Crippen molar-refractivity contribution in [3.05, 3.63) is 95.6 Å². The number of hydrogen-bond acceptors (Lipinski definition) is 4. The Hall–Kier alpha value is -4.13. The van der Waals surface area contributed by atoms with Crippen LogP contribution in [-0.4, -0.2) is 24.3 Å². The molecule has 0 fully saturated rings. The lowest BCUT2D eigenvalue weighted by atomic mass is 10.1. The van der Waals surface area contributed by atoms with E-state index in [0.717, 1.165) is 6.42 Å². The van der Waals surface area contributed by atoms with E-state index in [1.807, 2.05) is 6.07 Å². The van der Waals surface area contributed by atoms with Crippen LogP contribution < -0.4 is 20.9 Å². The van der Waals surface area contributed by atoms with Crippen molar-refractivity contribution in [1.29, 1.82) is 0 Å². The summed E-state index contributed by atoms with van der Waals surface area (Å²) >= 11 is 0. The number of ether oxygens (including phenoxy) is 1. The van der Waals surface area contributed by atoms with Gasteiger partial charge in [-0.25, -0.2) is 0 Å². The van der Waals surface area contributed by atoms with Gasteiger partial charge >= 0.3 is 0 Å². The Morgan fingerprint density at radius 3 is 1.76 bits per heavy atom. The molecule has 3 amide bonds. The fourth-order valence-electron chi connectivity index (χ4n) is 2.87. The molecule has 3 rings (SSSR count). The van der Waals surface area contributed by atoms with Crippen molar-refractivity contribution < 1.29 is 19.1 Å². The van der Waals surface area contributed by atoms with Gasteiger partial charge in [-0.05, 0) is 73.0 Å². The predicted octanol–water partition coefficient (Wildman–Crippen LogP) is 4.44. The average Bonchev–Trinajstić information content (AvgIpc) is 2.83. The molecule has 0 aromatic heterocycles. The number of anilines is 1. The zero-order chi connectivity index (χ0) is 23.6. The zero-order valence-corrected chi connectivity index (χ0v) is 18.6. The second-order valence-corrected chi connectivity index (χ2v) is 7.86. The molecular weight excluding hydrogens is 418 g/mol. The summed E-state index contributed by atoms with van der Waals surface area (Å²) in [5, 5.41) is 2.77. The minimum absolute atomic E-state index is 0.239. The molecule has 170 valence electrons. The van der Waals surface area contributed by atoms with E-state index in [9.17, 15) is 14.4 Å². The topological polar surface area (TPSA) is 96.5 Å². The third kappa shape index (κ3) is 7.21. The molecule has 7 heteroatoms. The Bertz CT molecular complexity index is 1080.